The van der Waals surface area contributed by atoms with Crippen LogP contribution in [0.4, 0.5) is 4.79 Å². The van der Waals surface area contributed by atoms with Crippen LogP contribution in [0, 0.1) is 0 Å². The third kappa shape index (κ3) is 2.67. The third-order valence-corrected chi connectivity index (χ3v) is 3.14. The van der Waals surface area contributed by atoms with E-state index < -0.39 is 5.60 Å². The van der Waals surface area contributed by atoms with Crippen LogP contribution in [0.25, 0.3) is 0 Å². The van der Waals surface area contributed by atoms with Crippen LogP contribution < -0.4 is 5.32 Å². The van der Waals surface area contributed by atoms with E-state index in [1.807, 2.05) is 20.8 Å². The summed E-state index contributed by atoms with van der Waals surface area (Å²) < 4.78 is 10.9. The number of hydrogen-bond acceptors (Lipinski definition) is 3. The normalized spacial score (nSPS) is 33.6. The molecule has 2 fully saturated rings. The maximum atomic E-state index is 11.5. The molecule has 2 aliphatic rings. The number of amides is 1. The van der Waals surface area contributed by atoms with E-state index in [2.05, 4.69) is 5.32 Å². The molecule has 2 rings (SSSR count). The minimum absolute atomic E-state index is 0.0830. The summed E-state index contributed by atoms with van der Waals surface area (Å²) in [5.74, 6) is 0. The Morgan fingerprint density at radius 1 is 1.44 bits per heavy atom. The number of carbonyl (C=O) groups is 1. The Kier molecular flexibility index (Phi) is 2.86. The second-order valence-electron chi connectivity index (χ2n) is 5.89. The average Bonchev–Trinajstić information content (AvgIpc) is 2.47. The van der Waals surface area contributed by atoms with E-state index in [1.54, 1.807) is 0 Å². The Morgan fingerprint density at radius 3 is 2.62 bits per heavy atom. The lowest BCUT2D eigenvalue weighted by Gasteiger charge is -2.44. The van der Waals surface area contributed by atoms with E-state index in [1.165, 1.54) is 0 Å². The minimum atomic E-state index is -0.421. The van der Waals surface area contributed by atoms with Crippen LogP contribution in [0.2, 0.25) is 0 Å². The average molecular weight is 227 g/mol. The smallest absolute Gasteiger partial charge is 0.407 e. The summed E-state index contributed by atoms with van der Waals surface area (Å²) in [7, 11) is 0. The van der Waals surface area contributed by atoms with Crippen molar-refractivity contribution in [1.29, 1.82) is 0 Å². The molecule has 1 N–H and O–H groups in total. The van der Waals surface area contributed by atoms with E-state index in [9.17, 15) is 4.79 Å². The lowest BCUT2D eigenvalue weighted by molar-refractivity contribution is -0.0754. The van der Waals surface area contributed by atoms with Gasteiger partial charge in [0.25, 0.3) is 0 Å². The van der Waals surface area contributed by atoms with Gasteiger partial charge in [0.05, 0.1) is 5.60 Å². The molecule has 0 aromatic rings. The quantitative estimate of drug-likeness (QED) is 0.747. The van der Waals surface area contributed by atoms with Crippen LogP contribution in [0.15, 0.2) is 0 Å². The molecule has 92 valence electrons. The first-order chi connectivity index (χ1) is 7.39. The van der Waals surface area contributed by atoms with Crippen molar-refractivity contribution in [2.75, 3.05) is 6.61 Å². The van der Waals surface area contributed by atoms with Gasteiger partial charge in [0.1, 0.15) is 5.60 Å². The summed E-state index contributed by atoms with van der Waals surface area (Å²) in [6, 6.07) is 0.230. The molecular formula is C12H21NO3. The number of nitrogens with one attached hydrogen (secondary N) is 1. The zero-order chi connectivity index (χ0) is 11.8. The summed E-state index contributed by atoms with van der Waals surface area (Å²) in [4.78, 5) is 11.5. The second-order valence-corrected chi connectivity index (χ2v) is 5.89. The summed E-state index contributed by atoms with van der Waals surface area (Å²) in [6.45, 7) is 6.48. The standard InChI is InChI=1S/C12H21NO3/c1-11(2,3)16-10(14)13-9-7-12(8-9)5-4-6-15-12/h9H,4-8H2,1-3H3,(H,13,14). The van der Waals surface area contributed by atoms with Crippen molar-refractivity contribution < 1.29 is 14.3 Å². The Morgan fingerprint density at radius 2 is 2.12 bits per heavy atom. The molecular weight excluding hydrogens is 206 g/mol. The SMILES string of the molecule is CC(C)(C)OC(=O)NC1CC2(CCCO2)C1. The van der Waals surface area contributed by atoms with Crippen LogP contribution in [0.5, 0.6) is 0 Å². The number of ether oxygens (including phenoxy) is 2. The van der Waals surface area contributed by atoms with Crippen LogP contribution >= 0.6 is 0 Å². The van der Waals surface area contributed by atoms with Gasteiger partial charge < -0.3 is 14.8 Å². The van der Waals surface area contributed by atoms with E-state index >= 15 is 0 Å². The molecule has 1 amide bonds. The highest BCUT2D eigenvalue weighted by atomic mass is 16.6. The van der Waals surface area contributed by atoms with Crippen LogP contribution in [-0.2, 0) is 9.47 Å². The zero-order valence-corrected chi connectivity index (χ0v) is 10.3. The molecule has 0 atom stereocenters. The molecule has 1 spiro atoms. The summed E-state index contributed by atoms with van der Waals surface area (Å²) in [6.07, 6.45) is 3.85. The van der Waals surface area contributed by atoms with E-state index in [4.69, 9.17) is 9.47 Å². The minimum Gasteiger partial charge on any atom is -0.444 e. The number of carbonyl (C=O) groups excluding carboxylic acids is 1. The monoisotopic (exact) mass is 227 g/mol. The zero-order valence-electron chi connectivity index (χ0n) is 10.3. The van der Waals surface area contributed by atoms with Gasteiger partial charge in [0.2, 0.25) is 0 Å². The van der Waals surface area contributed by atoms with Crippen molar-refractivity contribution in [1.82, 2.24) is 5.32 Å². The molecule has 1 aliphatic heterocycles. The van der Waals surface area contributed by atoms with Gasteiger partial charge in [-0.05, 0) is 46.5 Å². The predicted molar refractivity (Wildman–Crippen MR) is 60.3 cm³/mol. The molecule has 0 aromatic heterocycles. The summed E-state index contributed by atoms with van der Waals surface area (Å²) >= 11 is 0. The second kappa shape index (κ2) is 3.91. The summed E-state index contributed by atoms with van der Waals surface area (Å²) in [5, 5.41) is 2.88. The Hall–Kier alpha value is -0.770. The molecule has 1 saturated carbocycles. The highest BCUT2D eigenvalue weighted by Gasteiger charge is 2.48. The first-order valence-corrected chi connectivity index (χ1v) is 6.02. The largest absolute Gasteiger partial charge is 0.444 e. The van der Waals surface area contributed by atoms with Crippen molar-refractivity contribution >= 4 is 6.09 Å². The van der Waals surface area contributed by atoms with Gasteiger partial charge in [0, 0.05) is 12.6 Å². The van der Waals surface area contributed by atoms with E-state index in [0.29, 0.717) is 0 Å². The van der Waals surface area contributed by atoms with Crippen molar-refractivity contribution in [3.63, 3.8) is 0 Å². The third-order valence-electron chi connectivity index (χ3n) is 3.14. The van der Waals surface area contributed by atoms with Gasteiger partial charge in [-0.25, -0.2) is 4.79 Å². The maximum Gasteiger partial charge on any atom is 0.407 e. The van der Waals surface area contributed by atoms with Crippen molar-refractivity contribution in [2.24, 2.45) is 0 Å². The van der Waals surface area contributed by atoms with Crippen LogP contribution in [0.1, 0.15) is 46.5 Å². The number of rotatable bonds is 1. The molecule has 0 unspecified atom stereocenters. The molecule has 1 aliphatic carbocycles. The van der Waals surface area contributed by atoms with Gasteiger partial charge in [-0.3, -0.25) is 0 Å². The fraction of sp³-hybridized carbons (Fsp3) is 0.917. The molecule has 4 heteroatoms. The highest BCUT2D eigenvalue weighted by molar-refractivity contribution is 5.68. The first kappa shape index (κ1) is 11.7. The number of alkyl carbamates (subject to hydrolysis) is 1. The van der Waals surface area contributed by atoms with Gasteiger partial charge in [-0.1, -0.05) is 0 Å². The lowest BCUT2D eigenvalue weighted by Crippen LogP contribution is -2.55. The molecule has 1 heterocycles. The van der Waals surface area contributed by atoms with Gasteiger partial charge in [-0.15, -0.1) is 0 Å². The molecule has 0 bridgehead atoms. The fourth-order valence-electron chi connectivity index (χ4n) is 2.49. The van der Waals surface area contributed by atoms with Crippen LogP contribution in [-0.4, -0.2) is 29.9 Å². The van der Waals surface area contributed by atoms with Crippen molar-refractivity contribution in [2.45, 2.75) is 63.7 Å². The van der Waals surface area contributed by atoms with Crippen molar-refractivity contribution in [3.05, 3.63) is 0 Å². The molecule has 16 heavy (non-hydrogen) atoms. The Labute approximate surface area is 96.7 Å². The van der Waals surface area contributed by atoms with Crippen LogP contribution in [0.3, 0.4) is 0 Å². The van der Waals surface area contributed by atoms with Gasteiger partial charge >= 0.3 is 6.09 Å². The Balaban J connectivity index is 1.71. The number of hydrogen-bond donors (Lipinski definition) is 1. The Bertz CT molecular complexity index is 268. The van der Waals surface area contributed by atoms with E-state index in [0.717, 1.165) is 32.3 Å². The van der Waals surface area contributed by atoms with E-state index in [-0.39, 0.29) is 17.7 Å². The van der Waals surface area contributed by atoms with Gasteiger partial charge in [-0.2, -0.15) is 0 Å². The topological polar surface area (TPSA) is 47.6 Å². The summed E-state index contributed by atoms with van der Waals surface area (Å²) in [5.41, 5.74) is -0.338. The predicted octanol–water partition coefficient (Wildman–Crippen LogP) is 2.22. The first-order valence-electron chi connectivity index (χ1n) is 6.02. The highest BCUT2D eigenvalue weighted by Crippen LogP contribution is 2.43. The fourth-order valence-corrected chi connectivity index (χ4v) is 2.49. The van der Waals surface area contributed by atoms with Gasteiger partial charge in [0.15, 0.2) is 0 Å². The molecule has 0 radical (unpaired) electrons. The van der Waals surface area contributed by atoms with Crippen molar-refractivity contribution in [3.8, 4) is 0 Å². The molecule has 4 nitrogen and oxygen atoms in total. The molecule has 1 saturated heterocycles. The molecule has 0 aromatic carbocycles. The maximum absolute atomic E-state index is 11.5. The lowest BCUT2D eigenvalue weighted by atomic mass is 9.74.